The minimum absolute atomic E-state index is 0.468. The van der Waals surface area contributed by atoms with E-state index in [0.29, 0.717) is 19.4 Å². The van der Waals surface area contributed by atoms with E-state index in [-0.39, 0.29) is 0 Å². The van der Waals surface area contributed by atoms with Crippen LogP contribution in [0.3, 0.4) is 0 Å². The van der Waals surface area contributed by atoms with Crippen molar-refractivity contribution in [2.45, 2.75) is 18.9 Å². The summed E-state index contributed by atoms with van der Waals surface area (Å²) >= 11 is 5.13. The van der Waals surface area contributed by atoms with Crippen LogP contribution in [0, 0.1) is 0 Å². The first-order valence-electron chi connectivity index (χ1n) is 3.01. The van der Waals surface area contributed by atoms with Gasteiger partial charge in [-0.3, -0.25) is 4.79 Å². The van der Waals surface area contributed by atoms with Crippen molar-refractivity contribution in [2.24, 2.45) is 5.73 Å². The summed E-state index contributed by atoms with van der Waals surface area (Å²) in [5.41, 5.74) is 5.17. The van der Waals surface area contributed by atoms with Crippen LogP contribution in [-0.4, -0.2) is 23.7 Å². The summed E-state index contributed by atoms with van der Waals surface area (Å²) in [7, 11) is 0. The molecule has 4 nitrogen and oxygen atoms in total. The number of hydrogen-bond donors (Lipinski definition) is 3. The third kappa shape index (κ3) is 3.66. The van der Waals surface area contributed by atoms with Gasteiger partial charge in [0, 0.05) is 0 Å². The molecule has 0 fully saturated rings. The van der Waals surface area contributed by atoms with Gasteiger partial charge in [-0.15, -0.1) is 0 Å². The highest BCUT2D eigenvalue weighted by atomic mass is 35.5. The van der Waals surface area contributed by atoms with E-state index >= 15 is 0 Å². The van der Waals surface area contributed by atoms with E-state index in [4.69, 9.17) is 22.6 Å². The SMILES string of the molecule is NCCCC(NCl)C(=O)O. The molecule has 4 N–H and O–H groups in total. The molecule has 60 valence electrons. The van der Waals surface area contributed by atoms with E-state index in [9.17, 15) is 4.79 Å². The Kier molecular flexibility index (Phi) is 5.29. The molecule has 5 heteroatoms. The average molecular weight is 167 g/mol. The normalized spacial score (nSPS) is 13.0. The Hall–Kier alpha value is -0.320. The number of carboxylic acids is 1. The van der Waals surface area contributed by atoms with Gasteiger partial charge in [0.1, 0.15) is 6.04 Å². The molecule has 0 aromatic rings. The lowest BCUT2D eigenvalue weighted by atomic mass is 10.2. The highest BCUT2D eigenvalue weighted by molar-refractivity contribution is 6.14. The average Bonchev–Trinajstić information content (AvgIpc) is 1.89. The maximum atomic E-state index is 10.2. The Balaban J connectivity index is 3.50. The van der Waals surface area contributed by atoms with Crippen LogP contribution in [0.25, 0.3) is 0 Å². The van der Waals surface area contributed by atoms with Gasteiger partial charge in [0.15, 0.2) is 0 Å². The quantitative estimate of drug-likeness (QED) is 0.500. The van der Waals surface area contributed by atoms with Gasteiger partial charge in [-0.2, -0.15) is 0 Å². The molecule has 0 bridgehead atoms. The van der Waals surface area contributed by atoms with Gasteiger partial charge in [-0.25, -0.2) is 4.84 Å². The monoisotopic (exact) mass is 166 g/mol. The summed E-state index contributed by atoms with van der Waals surface area (Å²) in [6, 6.07) is -0.676. The maximum absolute atomic E-state index is 10.2. The lowest BCUT2D eigenvalue weighted by Gasteiger charge is -2.06. The number of hydrogen-bond acceptors (Lipinski definition) is 3. The molecule has 0 aliphatic rings. The Morgan fingerprint density at radius 2 is 2.40 bits per heavy atom. The number of halogens is 1. The van der Waals surface area contributed by atoms with Crippen LogP contribution in [0.1, 0.15) is 12.8 Å². The molecule has 0 heterocycles. The Morgan fingerprint density at radius 1 is 1.80 bits per heavy atom. The molecule has 1 unspecified atom stereocenters. The van der Waals surface area contributed by atoms with E-state index in [1.807, 2.05) is 0 Å². The minimum atomic E-state index is -0.941. The molecule has 1 atom stereocenters. The largest absolute Gasteiger partial charge is 0.480 e. The number of nitrogens with one attached hydrogen (secondary N) is 1. The summed E-state index contributed by atoms with van der Waals surface area (Å²) in [6.45, 7) is 0.488. The Morgan fingerprint density at radius 3 is 2.70 bits per heavy atom. The van der Waals surface area contributed by atoms with Crippen molar-refractivity contribution in [3.8, 4) is 0 Å². The van der Waals surface area contributed by atoms with Gasteiger partial charge in [0.2, 0.25) is 0 Å². The molecule has 0 saturated carbocycles. The van der Waals surface area contributed by atoms with Crippen LogP contribution >= 0.6 is 11.8 Å². The predicted octanol–water partition coefficient (Wildman–Crippen LogP) is -0.0781. The zero-order valence-corrected chi connectivity index (χ0v) is 6.27. The fourth-order valence-electron chi connectivity index (χ4n) is 0.547. The van der Waals surface area contributed by atoms with Gasteiger partial charge in [-0.1, -0.05) is 0 Å². The summed E-state index contributed by atoms with van der Waals surface area (Å²) in [6.07, 6.45) is 1.13. The molecule has 0 spiro atoms. The second-order valence-corrected chi connectivity index (χ2v) is 2.15. The van der Waals surface area contributed by atoms with Crippen LogP contribution in [-0.2, 0) is 4.79 Å². The highest BCUT2D eigenvalue weighted by Crippen LogP contribution is 1.96. The second-order valence-electron chi connectivity index (χ2n) is 1.93. The number of rotatable bonds is 5. The van der Waals surface area contributed by atoms with Crippen LogP contribution in [0.15, 0.2) is 0 Å². The third-order valence-electron chi connectivity index (χ3n) is 1.13. The lowest BCUT2D eigenvalue weighted by molar-refractivity contribution is -0.139. The Labute approximate surface area is 64.5 Å². The lowest BCUT2D eigenvalue weighted by Crippen LogP contribution is -2.30. The zero-order chi connectivity index (χ0) is 7.98. The molecule has 10 heavy (non-hydrogen) atoms. The first kappa shape index (κ1) is 9.68. The van der Waals surface area contributed by atoms with Gasteiger partial charge < -0.3 is 10.8 Å². The molecule has 0 radical (unpaired) electrons. The van der Waals surface area contributed by atoms with E-state index in [0.717, 1.165) is 0 Å². The molecular weight excluding hydrogens is 156 g/mol. The second kappa shape index (κ2) is 5.46. The predicted molar refractivity (Wildman–Crippen MR) is 38.7 cm³/mol. The summed E-state index contributed by atoms with van der Waals surface area (Å²) in [4.78, 5) is 12.4. The molecule has 0 aliphatic heterocycles. The first-order chi connectivity index (χ1) is 4.72. The van der Waals surface area contributed by atoms with Crippen molar-refractivity contribution in [3.05, 3.63) is 0 Å². The highest BCUT2D eigenvalue weighted by Gasteiger charge is 2.13. The van der Waals surface area contributed by atoms with Crippen molar-refractivity contribution in [2.75, 3.05) is 6.54 Å². The molecule has 0 amide bonds. The summed E-state index contributed by atoms with van der Waals surface area (Å²) < 4.78 is 0. The van der Waals surface area contributed by atoms with Gasteiger partial charge >= 0.3 is 5.97 Å². The van der Waals surface area contributed by atoms with Crippen LogP contribution in [0.4, 0.5) is 0 Å². The molecule has 0 aliphatic carbocycles. The smallest absolute Gasteiger partial charge is 0.321 e. The number of carboxylic acid groups (broad SMARTS) is 1. The number of nitrogens with two attached hydrogens (primary N) is 1. The topological polar surface area (TPSA) is 75.3 Å². The molecular formula is C5H11ClN2O2. The van der Waals surface area contributed by atoms with Crippen LogP contribution in [0.5, 0.6) is 0 Å². The van der Waals surface area contributed by atoms with Crippen LogP contribution < -0.4 is 10.6 Å². The summed E-state index contributed by atoms with van der Waals surface area (Å²) in [5.74, 6) is -0.941. The maximum Gasteiger partial charge on any atom is 0.321 e. The Bertz CT molecular complexity index is 110. The van der Waals surface area contributed by atoms with Crippen molar-refractivity contribution < 1.29 is 9.90 Å². The van der Waals surface area contributed by atoms with E-state index in [2.05, 4.69) is 4.84 Å². The van der Waals surface area contributed by atoms with Crippen molar-refractivity contribution >= 4 is 17.7 Å². The molecule has 0 rings (SSSR count). The zero-order valence-electron chi connectivity index (χ0n) is 5.51. The van der Waals surface area contributed by atoms with Gasteiger partial charge in [-0.05, 0) is 31.2 Å². The molecule has 0 aromatic heterocycles. The van der Waals surface area contributed by atoms with E-state index in [1.165, 1.54) is 0 Å². The van der Waals surface area contributed by atoms with Gasteiger partial charge in [0.05, 0.1) is 0 Å². The van der Waals surface area contributed by atoms with Crippen molar-refractivity contribution in [1.29, 1.82) is 0 Å². The first-order valence-corrected chi connectivity index (χ1v) is 3.39. The van der Waals surface area contributed by atoms with E-state index < -0.39 is 12.0 Å². The minimum Gasteiger partial charge on any atom is -0.480 e. The van der Waals surface area contributed by atoms with Crippen LogP contribution in [0.2, 0.25) is 0 Å². The summed E-state index contributed by atoms with van der Waals surface area (Å²) in [5, 5.41) is 8.41. The fraction of sp³-hybridized carbons (Fsp3) is 0.800. The van der Waals surface area contributed by atoms with E-state index in [1.54, 1.807) is 0 Å². The molecule has 0 aromatic carbocycles. The van der Waals surface area contributed by atoms with Crippen molar-refractivity contribution in [1.82, 2.24) is 4.84 Å². The van der Waals surface area contributed by atoms with Gasteiger partial charge in [0.25, 0.3) is 0 Å². The third-order valence-corrected chi connectivity index (χ3v) is 1.39. The fourth-order valence-corrected chi connectivity index (χ4v) is 0.749. The number of carbonyl (C=O) groups is 1. The number of aliphatic carboxylic acids is 1. The molecule has 0 saturated heterocycles. The standard InChI is InChI=1S/C5H11ClN2O2/c6-8-4(5(9)10)2-1-3-7/h4,8H,1-3,7H2,(H,9,10). The van der Waals surface area contributed by atoms with Crippen molar-refractivity contribution in [3.63, 3.8) is 0 Å².